The topological polar surface area (TPSA) is 23.6 Å². The maximum Gasteiger partial charge on any atom is 0.254 e. The summed E-state index contributed by atoms with van der Waals surface area (Å²) in [7, 11) is 0. The van der Waals surface area contributed by atoms with Gasteiger partial charge in [0.15, 0.2) is 0 Å². The Morgan fingerprint density at radius 2 is 1.20 bits per heavy atom. The molecule has 4 rings (SSSR count). The van der Waals surface area contributed by atoms with Crippen LogP contribution in [-0.4, -0.2) is 28.8 Å². The van der Waals surface area contributed by atoms with E-state index in [2.05, 4.69) is 41.3 Å². The molecule has 1 fully saturated rings. The summed E-state index contributed by atoms with van der Waals surface area (Å²) in [6.07, 6.45) is 3.94. The van der Waals surface area contributed by atoms with Gasteiger partial charge in [0.05, 0.1) is 0 Å². The van der Waals surface area contributed by atoms with Crippen LogP contribution in [0.25, 0.3) is 0 Å². The van der Waals surface area contributed by atoms with Gasteiger partial charge >= 0.3 is 0 Å². The van der Waals surface area contributed by atoms with E-state index in [0.29, 0.717) is 13.1 Å². The van der Waals surface area contributed by atoms with E-state index in [0.717, 1.165) is 23.2 Å². The van der Waals surface area contributed by atoms with Crippen LogP contribution in [0.2, 0.25) is 0 Å². The Morgan fingerprint density at radius 1 is 0.667 bits per heavy atom. The summed E-state index contributed by atoms with van der Waals surface area (Å²) in [5, 5.41) is 0. The molecule has 0 spiro atoms. The number of piperidine rings is 1. The smallest absolute Gasteiger partial charge is 0.254 e. The Kier molecular flexibility index (Phi) is 6.94. The number of nitrogens with zero attached hydrogens (tertiary/aromatic N) is 2. The quantitative estimate of drug-likeness (QED) is 0.523. The number of hydrogen-bond donors (Lipinski definition) is 0. The third-order valence-corrected chi connectivity index (χ3v) is 5.78. The molecule has 3 heteroatoms. The summed E-state index contributed by atoms with van der Waals surface area (Å²) >= 11 is 0. The lowest BCUT2D eigenvalue weighted by molar-refractivity contribution is 0.0730. The fraction of sp³-hybridized carbons (Fsp3) is 0.296. The minimum Gasteiger partial charge on any atom is -0.330 e. The van der Waals surface area contributed by atoms with Gasteiger partial charge in [0, 0.05) is 25.2 Å². The molecule has 3 aromatic carbocycles. The Bertz CT molecular complexity index is 875. The first kappa shape index (κ1) is 20.4. The lowest BCUT2D eigenvalue weighted by Crippen LogP contribution is -2.30. The molecule has 0 unspecified atom stereocenters. The maximum absolute atomic E-state index is 13.4. The molecular weight excluding hydrogens is 368 g/mol. The normalized spacial score (nSPS) is 14.4. The van der Waals surface area contributed by atoms with Crippen LogP contribution in [0.4, 0.5) is 0 Å². The second kappa shape index (κ2) is 10.2. The zero-order chi connectivity index (χ0) is 20.6. The van der Waals surface area contributed by atoms with Crippen LogP contribution in [0.1, 0.15) is 46.3 Å². The molecule has 1 saturated heterocycles. The van der Waals surface area contributed by atoms with Crippen molar-refractivity contribution in [1.29, 1.82) is 0 Å². The average Bonchev–Trinajstić information content (AvgIpc) is 2.81. The van der Waals surface area contributed by atoms with Crippen LogP contribution >= 0.6 is 0 Å². The van der Waals surface area contributed by atoms with E-state index >= 15 is 0 Å². The van der Waals surface area contributed by atoms with Gasteiger partial charge in [0.1, 0.15) is 0 Å². The average molecular weight is 399 g/mol. The van der Waals surface area contributed by atoms with Crippen LogP contribution in [0.15, 0.2) is 84.9 Å². The van der Waals surface area contributed by atoms with Crippen molar-refractivity contribution in [2.45, 2.75) is 38.9 Å². The largest absolute Gasteiger partial charge is 0.330 e. The van der Waals surface area contributed by atoms with Gasteiger partial charge in [0.25, 0.3) is 5.91 Å². The van der Waals surface area contributed by atoms with Crippen LogP contribution in [0, 0.1) is 0 Å². The van der Waals surface area contributed by atoms with E-state index in [4.69, 9.17) is 0 Å². The van der Waals surface area contributed by atoms with Gasteiger partial charge in [-0.25, -0.2) is 0 Å². The first-order valence-electron chi connectivity index (χ1n) is 11.0. The predicted molar refractivity (Wildman–Crippen MR) is 122 cm³/mol. The first-order chi connectivity index (χ1) is 14.8. The molecule has 3 aromatic rings. The van der Waals surface area contributed by atoms with Crippen LogP contribution in [0.5, 0.6) is 0 Å². The monoisotopic (exact) mass is 398 g/mol. The van der Waals surface area contributed by atoms with E-state index in [9.17, 15) is 4.79 Å². The molecule has 0 aromatic heterocycles. The lowest BCUT2D eigenvalue weighted by atomic mass is 10.1. The molecule has 0 atom stereocenters. The van der Waals surface area contributed by atoms with Crippen molar-refractivity contribution in [2.75, 3.05) is 13.1 Å². The number of carbonyl (C=O) groups excluding carboxylic acids is 1. The van der Waals surface area contributed by atoms with E-state index < -0.39 is 0 Å². The number of carbonyl (C=O) groups is 1. The summed E-state index contributed by atoms with van der Waals surface area (Å²) in [6.45, 7) is 4.55. The van der Waals surface area contributed by atoms with Crippen LogP contribution in [-0.2, 0) is 19.6 Å². The van der Waals surface area contributed by atoms with Crippen molar-refractivity contribution in [3.63, 3.8) is 0 Å². The van der Waals surface area contributed by atoms with Gasteiger partial charge in [-0.3, -0.25) is 9.69 Å². The van der Waals surface area contributed by atoms with Gasteiger partial charge in [0.2, 0.25) is 0 Å². The Balaban J connectivity index is 1.48. The highest BCUT2D eigenvalue weighted by Crippen LogP contribution is 2.17. The highest BCUT2D eigenvalue weighted by Gasteiger charge is 2.17. The number of benzene rings is 3. The standard InChI is InChI=1S/C27H30N2O/c30-27(26-16-14-25(15-17-26)20-28-18-8-3-9-19-28)29(21-23-10-4-1-5-11-23)22-24-12-6-2-7-13-24/h1-2,4-7,10-17H,3,8-9,18-22H2. The summed E-state index contributed by atoms with van der Waals surface area (Å²) in [5.74, 6) is 0.0761. The predicted octanol–water partition coefficient (Wildman–Crippen LogP) is 5.52. The number of amides is 1. The molecule has 1 aliphatic heterocycles. The molecule has 0 saturated carbocycles. The van der Waals surface area contributed by atoms with E-state index in [1.54, 1.807) is 0 Å². The zero-order valence-electron chi connectivity index (χ0n) is 17.5. The van der Waals surface area contributed by atoms with Crippen molar-refractivity contribution in [2.24, 2.45) is 0 Å². The first-order valence-corrected chi connectivity index (χ1v) is 11.0. The number of hydrogen-bond acceptors (Lipinski definition) is 2. The molecule has 0 bridgehead atoms. The van der Waals surface area contributed by atoms with Crippen molar-refractivity contribution >= 4 is 5.91 Å². The minimum absolute atomic E-state index is 0.0761. The van der Waals surface area contributed by atoms with Crippen molar-refractivity contribution in [3.05, 3.63) is 107 Å². The summed E-state index contributed by atoms with van der Waals surface area (Å²) in [6, 6.07) is 28.6. The van der Waals surface area contributed by atoms with Gasteiger partial charge in [-0.15, -0.1) is 0 Å². The summed E-state index contributed by atoms with van der Waals surface area (Å²) in [5.41, 5.74) is 4.32. The molecule has 154 valence electrons. The lowest BCUT2D eigenvalue weighted by Gasteiger charge is -2.26. The van der Waals surface area contributed by atoms with E-state index in [-0.39, 0.29) is 5.91 Å². The molecular formula is C27H30N2O. The second-order valence-electron chi connectivity index (χ2n) is 8.17. The van der Waals surface area contributed by atoms with E-state index in [1.165, 1.54) is 37.9 Å². The molecule has 1 amide bonds. The van der Waals surface area contributed by atoms with Gasteiger partial charge < -0.3 is 4.90 Å². The summed E-state index contributed by atoms with van der Waals surface area (Å²) in [4.78, 5) is 17.8. The third kappa shape index (κ3) is 5.58. The van der Waals surface area contributed by atoms with Crippen molar-refractivity contribution in [1.82, 2.24) is 9.80 Å². The second-order valence-corrected chi connectivity index (χ2v) is 8.17. The number of rotatable bonds is 7. The molecule has 0 aliphatic carbocycles. The molecule has 1 heterocycles. The van der Waals surface area contributed by atoms with Crippen molar-refractivity contribution in [3.8, 4) is 0 Å². The van der Waals surface area contributed by atoms with Gasteiger partial charge in [-0.1, -0.05) is 79.2 Å². The Labute approximate surface area is 180 Å². The SMILES string of the molecule is O=C(c1ccc(CN2CCCCC2)cc1)N(Cc1ccccc1)Cc1ccccc1. The van der Waals surface area contributed by atoms with Gasteiger partial charge in [-0.05, 0) is 54.8 Å². The molecule has 0 radical (unpaired) electrons. The molecule has 3 nitrogen and oxygen atoms in total. The highest BCUT2D eigenvalue weighted by atomic mass is 16.2. The van der Waals surface area contributed by atoms with E-state index in [1.807, 2.05) is 53.4 Å². The van der Waals surface area contributed by atoms with Crippen molar-refractivity contribution < 1.29 is 4.79 Å². The molecule has 1 aliphatic rings. The Morgan fingerprint density at radius 3 is 1.73 bits per heavy atom. The van der Waals surface area contributed by atoms with Gasteiger partial charge in [-0.2, -0.15) is 0 Å². The maximum atomic E-state index is 13.4. The fourth-order valence-electron chi connectivity index (χ4n) is 4.12. The van der Waals surface area contributed by atoms with Crippen LogP contribution in [0.3, 0.4) is 0 Å². The number of likely N-dealkylation sites (tertiary alicyclic amines) is 1. The Hall–Kier alpha value is -2.91. The third-order valence-electron chi connectivity index (χ3n) is 5.78. The molecule has 0 N–H and O–H groups in total. The zero-order valence-corrected chi connectivity index (χ0v) is 17.5. The van der Waals surface area contributed by atoms with Crippen LogP contribution < -0.4 is 0 Å². The fourth-order valence-corrected chi connectivity index (χ4v) is 4.12. The highest BCUT2D eigenvalue weighted by molar-refractivity contribution is 5.94. The summed E-state index contributed by atoms with van der Waals surface area (Å²) < 4.78 is 0. The minimum atomic E-state index is 0.0761. The molecule has 30 heavy (non-hydrogen) atoms.